The lowest BCUT2D eigenvalue weighted by Crippen LogP contribution is -2.49. The number of Topliss-reactive ketones (excluding diaryl/α,β-unsaturated/α-hetero) is 1. The lowest BCUT2D eigenvalue weighted by molar-refractivity contribution is -0.190. The molecule has 0 N–H and O–H groups in total. The van der Waals surface area contributed by atoms with E-state index in [-0.39, 0.29) is 31.7 Å². The van der Waals surface area contributed by atoms with Crippen LogP contribution in [0.5, 0.6) is 0 Å². The van der Waals surface area contributed by atoms with E-state index in [2.05, 4.69) is 0 Å². The molecule has 1 unspecified atom stereocenters. The van der Waals surface area contributed by atoms with E-state index in [0.717, 1.165) is 0 Å². The average molecular weight is 384 g/mol. The topological polar surface area (TPSA) is 96.0 Å². The van der Waals surface area contributed by atoms with Gasteiger partial charge in [0.25, 0.3) is 0 Å². The van der Waals surface area contributed by atoms with Crippen LogP contribution in [0, 0.1) is 11.3 Å². The largest absolute Gasteiger partial charge is 0.465 e. The van der Waals surface area contributed by atoms with E-state index < -0.39 is 40.4 Å². The molecule has 7 nitrogen and oxygen atoms in total. The van der Waals surface area contributed by atoms with Crippen LogP contribution in [0.4, 0.5) is 0 Å². The Labute approximate surface area is 161 Å². The summed E-state index contributed by atoms with van der Waals surface area (Å²) in [5.74, 6) is -3.16. The van der Waals surface area contributed by atoms with E-state index in [1.54, 1.807) is 41.5 Å². The lowest BCUT2D eigenvalue weighted by atomic mass is 9.73. The third kappa shape index (κ3) is 6.96. The molecule has 1 rings (SSSR count). The molecule has 0 saturated carbocycles. The van der Waals surface area contributed by atoms with Gasteiger partial charge in [0.05, 0.1) is 12.5 Å². The van der Waals surface area contributed by atoms with Gasteiger partial charge in [-0.05, 0) is 67.7 Å². The third-order valence-electron chi connectivity index (χ3n) is 4.03. The van der Waals surface area contributed by atoms with Gasteiger partial charge in [0.15, 0.2) is 5.41 Å². The number of hydrogen-bond donors (Lipinski definition) is 0. The van der Waals surface area contributed by atoms with E-state index in [0.29, 0.717) is 6.42 Å². The number of carbonyl (C=O) groups is 4. The van der Waals surface area contributed by atoms with Crippen LogP contribution in [0.1, 0.15) is 74.1 Å². The lowest BCUT2D eigenvalue weighted by Gasteiger charge is -2.37. The molecule has 1 aliphatic rings. The monoisotopic (exact) mass is 384 g/mol. The highest BCUT2D eigenvalue weighted by molar-refractivity contribution is 6.01. The summed E-state index contributed by atoms with van der Waals surface area (Å²) in [6.45, 7) is 11.7. The first-order valence-corrected chi connectivity index (χ1v) is 9.29. The van der Waals surface area contributed by atoms with Crippen molar-refractivity contribution in [2.75, 3.05) is 6.61 Å². The predicted octanol–water partition coefficient (Wildman–Crippen LogP) is 2.98. The van der Waals surface area contributed by atoms with Crippen molar-refractivity contribution >= 4 is 23.7 Å². The second-order valence-electron chi connectivity index (χ2n) is 9.16. The van der Waals surface area contributed by atoms with Crippen molar-refractivity contribution in [3.8, 4) is 0 Å². The maximum atomic E-state index is 13.1. The smallest absolute Gasteiger partial charge is 0.324 e. The Bertz CT molecular complexity index is 564. The van der Waals surface area contributed by atoms with Gasteiger partial charge < -0.3 is 19.0 Å². The third-order valence-corrected chi connectivity index (χ3v) is 4.03. The van der Waals surface area contributed by atoms with Crippen molar-refractivity contribution in [3.63, 3.8) is 0 Å². The molecule has 1 fully saturated rings. The van der Waals surface area contributed by atoms with Gasteiger partial charge in [-0.2, -0.15) is 0 Å². The summed E-state index contributed by atoms with van der Waals surface area (Å²) >= 11 is 0. The van der Waals surface area contributed by atoms with Crippen LogP contribution in [0.15, 0.2) is 0 Å². The Kier molecular flexibility index (Phi) is 7.19. The van der Waals surface area contributed by atoms with Crippen LogP contribution in [0.25, 0.3) is 0 Å². The van der Waals surface area contributed by atoms with Crippen molar-refractivity contribution in [1.82, 2.24) is 0 Å². The average Bonchev–Trinajstić information content (AvgIpc) is 2.42. The van der Waals surface area contributed by atoms with Crippen LogP contribution < -0.4 is 0 Å². The van der Waals surface area contributed by atoms with E-state index in [1.807, 2.05) is 0 Å². The molecule has 0 spiro atoms. The highest BCUT2D eigenvalue weighted by Gasteiger charge is 2.53. The number of ketones is 1. The Morgan fingerprint density at radius 1 is 1.04 bits per heavy atom. The Balaban J connectivity index is 3.37. The molecule has 154 valence electrons. The first kappa shape index (κ1) is 23.1. The zero-order valence-corrected chi connectivity index (χ0v) is 17.5. The number of cyclic esters (lactones) is 1. The summed E-state index contributed by atoms with van der Waals surface area (Å²) in [6, 6.07) is 0. The van der Waals surface area contributed by atoms with Crippen molar-refractivity contribution in [2.45, 2.75) is 85.4 Å². The fraction of sp³-hybridized carbons (Fsp3) is 0.800. The van der Waals surface area contributed by atoms with Crippen molar-refractivity contribution < 1.29 is 33.4 Å². The Morgan fingerprint density at radius 3 is 1.93 bits per heavy atom. The van der Waals surface area contributed by atoms with Crippen molar-refractivity contribution in [3.05, 3.63) is 0 Å². The maximum absolute atomic E-state index is 13.1. The highest BCUT2D eigenvalue weighted by Crippen LogP contribution is 2.40. The van der Waals surface area contributed by atoms with Crippen molar-refractivity contribution in [1.29, 1.82) is 0 Å². The molecule has 0 aliphatic carbocycles. The fourth-order valence-electron chi connectivity index (χ4n) is 2.98. The second kappa shape index (κ2) is 8.40. The number of carbonyl (C=O) groups excluding carboxylic acids is 4. The molecular weight excluding hydrogens is 352 g/mol. The Morgan fingerprint density at radius 2 is 1.52 bits per heavy atom. The summed E-state index contributed by atoms with van der Waals surface area (Å²) in [5, 5.41) is 0. The van der Waals surface area contributed by atoms with Crippen LogP contribution in [-0.2, 0) is 33.4 Å². The molecule has 0 aromatic rings. The molecule has 0 amide bonds. The van der Waals surface area contributed by atoms with Gasteiger partial charge in [0.2, 0.25) is 0 Å². The molecular formula is C20H32O7. The summed E-state index contributed by atoms with van der Waals surface area (Å²) < 4.78 is 16.2. The minimum atomic E-state index is -1.65. The summed E-state index contributed by atoms with van der Waals surface area (Å²) in [4.78, 5) is 50.2. The van der Waals surface area contributed by atoms with Crippen LogP contribution in [0.3, 0.4) is 0 Å². The van der Waals surface area contributed by atoms with Gasteiger partial charge in [0.1, 0.15) is 17.0 Å². The fourth-order valence-corrected chi connectivity index (χ4v) is 2.98. The highest BCUT2D eigenvalue weighted by atomic mass is 16.6. The van der Waals surface area contributed by atoms with E-state index in [4.69, 9.17) is 14.2 Å². The molecule has 7 heteroatoms. The normalized spacial score (nSPS) is 20.7. The minimum absolute atomic E-state index is 0.0700. The zero-order chi connectivity index (χ0) is 21.0. The SMILES string of the molecule is CC(=O)CC1CC(C(=O)OC(C)(C)C)(C(=O)OC(C)(C)C)CCCOC1=O. The molecule has 27 heavy (non-hydrogen) atoms. The van der Waals surface area contributed by atoms with Gasteiger partial charge in [0, 0.05) is 6.42 Å². The molecule has 1 saturated heterocycles. The second-order valence-corrected chi connectivity index (χ2v) is 9.16. The first-order chi connectivity index (χ1) is 12.2. The molecule has 1 heterocycles. The standard InChI is InChI=1S/C20H32O7/c1-13(21)11-14-12-20(9-8-10-25-15(14)22,16(23)26-18(2,3)4)17(24)27-19(5,6)7/h14H,8-12H2,1-7H3. The van der Waals surface area contributed by atoms with E-state index in [9.17, 15) is 19.2 Å². The van der Waals surface area contributed by atoms with Crippen LogP contribution >= 0.6 is 0 Å². The molecule has 1 atom stereocenters. The summed E-state index contributed by atoms with van der Waals surface area (Å²) in [6.07, 6.45) is 0.164. The first-order valence-electron chi connectivity index (χ1n) is 9.29. The molecule has 0 aromatic carbocycles. The van der Waals surface area contributed by atoms with Gasteiger partial charge in [-0.25, -0.2) is 0 Å². The van der Waals surface area contributed by atoms with Crippen LogP contribution in [0.2, 0.25) is 0 Å². The van der Waals surface area contributed by atoms with E-state index >= 15 is 0 Å². The van der Waals surface area contributed by atoms with Crippen molar-refractivity contribution in [2.24, 2.45) is 11.3 Å². The molecule has 1 aliphatic heterocycles. The molecule has 0 bridgehead atoms. The number of rotatable bonds is 4. The maximum Gasteiger partial charge on any atom is 0.324 e. The Hall–Kier alpha value is -1.92. The predicted molar refractivity (Wildman–Crippen MR) is 97.7 cm³/mol. The zero-order valence-electron chi connectivity index (χ0n) is 17.5. The van der Waals surface area contributed by atoms with E-state index in [1.165, 1.54) is 6.92 Å². The molecule has 0 radical (unpaired) electrons. The summed E-state index contributed by atoms with van der Waals surface area (Å²) in [5.41, 5.74) is -3.28. The quantitative estimate of drug-likeness (QED) is 0.418. The molecule has 0 aromatic heterocycles. The number of esters is 3. The van der Waals surface area contributed by atoms with Gasteiger partial charge >= 0.3 is 17.9 Å². The number of ether oxygens (including phenoxy) is 3. The minimum Gasteiger partial charge on any atom is -0.465 e. The van der Waals surface area contributed by atoms with Gasteiger partial charge in [-0.1, -0.05) is 0 Å². The van der Waals surface area contributed by atoms with Gasteiger partial charge in [-0.15, -0.1) is 0 Å². The van der Waals surface area contributed by atoms with Crippen LogP contribution in [-0.4, -0.2) is 41.5 Å². The van der Waals surface area contributed by atoms with Gasteiger partial charge in [-0.3, -0.25) is 14.4 Å². The number of hydrogen-bond acceptors (Lipinski definition) is 7. The summed E-state index contributed by atoms with van der Waals surface area (Å²) in [7, 11) is 0.